The third-order valence-corrected chi connectivity index (χ3v) is 16.3. The number of halogens is 20. The number of aryl methyl sites for hydroxylation is 2. The van der Waals surface area contributed by atoms with E-state index >= 15 is 35.1 Å². The van der Waals surface area contributed by atoms with Gasteiger partial charge in [-0.15, -0.1) is 21.9 Å². The van der Waals surface area contributed by atoms with Crippen molar-refractivity contribution in [2.75, 3.05) is 0 Å². The molecule has 1 N–H and O–H groups in total. The average Bonchev–Trinajstić information content (AvgIpc) is 0.861. The molecule has 488 valence electrons. The van der Waals surface area contributed by atoms with Gasteiger partial charge in [0.15, 0.2) is 69.8 Å². The monoisotopic (exact) mass is 1270 g/mol. The van der Waals surface area contributed by atoms with Crippen molar-refractivity contribution in [1.29, 1.82) is 0 Å². The van der Waals surface area contributed by atoms with Crippen LogP contribution in [0, 0.1) is 116 Å². The third kappa shape index (κ3) is 19.1. The van der Waals surface area contributed by atoms with Crippen molar-refractivity contribution in [2.24, 2.45) is 0 Å². The Balaban J connectivity index is 0.000000374. The van der Waals surface area contributed by atoms with Crippen molar-refractivity contribution in [3.8, 4) is 0 Å². The Kier molecular flexibility index (Phi) is 32.1. The molecule has 1 heterocycles. The Morgan fingerprint density at radius 1 is 0.253 bits per heavy atom. The fraction of sp³-hybridized carbons (Fsp3) is 0.578. The van der Waals surface area contributed by atoms with Crippen LogP contribution in [0.25, 0.3) is 0 Å². The molecule has 0 aliphatic heterocycles. The summed E-state index contributed by atoms with van der Waals surface area (Å²) in [6.45, 7) is 5.82. The van der Waals surface area contributed by atoms with Crippen LogP contribution < -0.4 is 26.4 Å². The fourth-order valence-electron chi connectivity index (χ4n) is 11.5. The third-order valence-electron chi connectivity index (χ3n) is 16.3. The Morgan fingerprint density at radius 3 is 0.655 bits per heavy atom. The summed E-state index contributed by atoms with van der Waals surface area (Å²) in [7, 11) is 0. The van der Waals surface area contributed by atoms with Crippen molar-refractivity contribution in [3.05, 3.63) is 135 Å². The molecule has 1 aromatic heterocycles. The highest BCUT2D eigenvalue weighted by Gasteiger charge is 2.52. The number of aromatic nitrogens is 2. The predicted octanol–water partition coefficient (Wildman–Crippen LogP) is 19.6. The van der Waals surface area contributed by atoms with Crippen LogP contribution in [0.15, 0.2) is 12.5 Å². The van der Waals surface area contributed by atoms with Gasteiger partial charge in [-0.1, -0.05) is 206 Å². The molecule has 0 unspecified atom stereocenters. The molecule has 5 rings (SSSR count). The topological polar surface area (TPSA) is 19.7 Å². The number of hydrogen-bond donors (Lipinski definition) is 1. The molecule has 0 spiro atoms. The second kappa shape index (κ2) is 37.7. The van der Waals surface area contributed by atoms with Crippen LogP contribution in [0.2, 0.25) is 0 Å². The number of aromatic amines is 1. The van der Waals surface area contributed by atoms with E-state index < -0.39 is 144 Å². The standard InChI is InChI=1S/C40H78N2.C24BF20/c1-3-5-7-9-11-13-15-17-19-21-22-24-26-28-30-32-34-36-40-38-41-39-42(40)37-35-33-31-29-27-25-23-20-18-16-14-12-10-8-6-4-2;26-5-1(6(27)14(35)21(42)13(5)34)25(2-7(28)15(36)22(43)16(37)8(2)29,3-9(30)17(38)23(44)18(39)10(3)31)4-11(32)19(40)24(45)20(41)12(4)33/h38-39H,3-37H2,1-2H3;/q;-1/p+1. The lowest BCUT2D eigenvalue weighted by atomic mass is 9.12. The molecular weight excluding hydrogens is 1190 g/mol. The predicted molar refractivity (Wildman–Crippen MR) is 298 cm³/mol. The van der Waals surface area contributed by atoms with Gasteiger partial charge in [0.2, 0.25) is 6.33 Å². The summed E-state index contributed by atoms with van der Waals surface area (Å²) in [5.74, 6) is -71.4. The van der Waals surface area contributed by atoms with Gasteiger partial charge in [0.25, 0.3) is 0 Å². The molecule has 0 saturated carbocycles. The van der Waals surface area contributed by atoms with Crippen LogP contribution >= 0.6 is 0 Å². The summed E-state index contributed by atoms with van der Waals surface area (Å²) < 4.78 is 296. The van der Waals surface area contributed by atoms with Crippen LogP contribution in [0.1, 0.15) is 231 Å². The van der Waals surface area contributed by atoms with Crippen molar-refractivity contribution in [1.82, 2.24) is 4.98 Å². The molecule has 0 aliphatic carbocycles. The average molecular weight is 1270 g/mol. The minimum atomic E-state index is -7.22. The molecule has 0 saturated heterocycles. The highest BCUT2D eigenvalue weighted by molar-refractivity contribution is 7.20. The van der Waals surface area contributed by atoms with Crippen LogP contribution in [0.4, 0.5) is 87.8 Å². The number of hydrogen-bond acceptors (Lipinski definition) is 0. The van der Waals surface area contributed by atoms with Gasteiger partial charge in [-0.2, -0.15) is 0 Å². The minimum Gasteiger partial charge on any atom is -0.250 e. The first-order chi connectivity index (χ1) is 41.6. The molecular formula is C64H79BF20N2. The molecule has 0 aliphatic rings. The lowest BCUT2D eigenvalue weighted by Crippen LogP contribution is -2.81. The first-order valence-corrected chi connectivity index (χ1v) is 30.9. The normalized spacial score (nSPS) is 11.8. The smallest absolute Gasteiger partial charge is 0.241 e. The van der Waals surface area contributed by atoms with Gasteiger partial charge in [-0.05, 0) is 19.3 Å². The quantitative estimate of drug-likeness (QED) is 0.0101. The molecule has 0 amide bonds. The Bertz CT molecular complexity index is 2550. The molecule has 87 heavy (non-hydrogen) atoms. The van der Waals surface area contributed by atoms with Gasteiger partial charge < -0.3 is 0 Å². The number of unbranched alkanes of at least 4 members (excludes halogenated alkanes) is 31. The number of benzene rings is 4. The van der Waals surface area contributed by atoms with E-state index in [9.17, 15) is 52.7 Å². The highest BCUT2D eigenvalue weighted by Crippen LogP contribution is 2.31. The second-order valence-corrected chi connectivity index (χ2v) is 22.6. The van der Waals surface area contributed by atoms with Gasteiger partial charge in [0.05, 0.1) is 6.54 Å². The van der Waals surface area contributed by atoms with E-state index in [1.165, 1.54) is 231 Å². The summed E-state index contributed by atoms with van der Waals surface area (Å²) in [5, 5.41) is 0. The molecule has 4 aromatic carbocycles. The summed E-state index contributed by atoms with van der Waals surface area (Å²) in [4.78, 5) is 3.37. The molecule has 0 bridgehead atoms. The lowest BCUT2D eigenvalue weighted by Gasteiger charge is -2.44. The van der Waals surface area contributed by atoms with E-state index in [1.807, 2.05) is 0 Å². The van der Waals surface area contributed by atoms with E-state index in [-0.39, 0.29) is 0 Å². The second-order valence-electron chi connectivity index (χ2n) is 22.6. The summed E-state index contributed by atoms with van der Waals surface area (Å²) in [6, 6.07) is 0. The number of nitrogens with zero attached hydrogens (tertiary/aromatic N) is 1. The van der Waals surface area contributed by atoms with E-state index in [4.69, 9.17) is 0 Å². The lowest BCUT2D eigenvalue weighted by molar-refractivity contribution is -0.703. The van der Waals surface area contributed by atoms with E-state index in [2.05, 4.69) is 35.9 Å². The van der Waals surface area contributed by atoms with Crippen LogP contribution in [0.3, 0.4) is 0 Å². The number of H-pyrrole nitrogens is 1. The van der Waals surface area contributed by atoms with E-state index in [1.54, 1.807) is 0 Å². The van der Waals surface area contributed by atoms with Gasteiger partial charge in [0, 0.05) is 6.42 Å². The zero-order valence-corrected chi connectivity index (χ0v) is 49.5. The molecule has 23 heteroatoms. The Morgan fingerprint density at radius 2 is 0.437 bits per heavy atom. The summed E-state index contributed by atoms with van der Waals surface area (Å²) >= 11 is 0. The molecule has 5 aromatic rings. The van der Waals surface area contributed by atoms with Crippen molar-refractivity contribution < 1.29 is 92.4 Å². The molecule has 2 nitrogen and oxygen atoms in total. The van der Waals surface area contributed by atoms with E-state index in [0.29, 0.717) is 0 Å². The first kappa shape index (κ1) is 74.2. The summed E-state index contributed by atoms with van der Waals surface area (Å²) in [5.41, 5.74) is -12.8. The Hall–Kier alpha value is -5.25. The fourth-order valence-corrected chi connectivity index (χ4v) is 11.5. The van der Waals surface area contributed by atoms with Gasteiger partial charge in [0.1, 0.15) is 64.6 Å². The SMILES string of the molecule is CCCCCCCCCCCCCCCCCCCc1c[nH]c[n+]1CCCCCCCCCCCCCCCCCC.Fc1c(F)c(F)c([B-](c2c(F)c(F)c(F)c(F)c2F)(c2c(F)c(F)c(F)c(F)c2F)c2c(F)c(F)c(F)c(F)c2F)c(F)c1F. The van der Waals surface area contributed by atoms with Crippen LogP contribution in [0.5, 0.6) is 0 Å². The van der Waals surface area contributed by atoms with Gasteiger partial charge in [-0.25, -0.2) is 97.4 Å². The maximum absolute atomic E-state index is 15.4. The number of imidazole rings is 1. The van der Waals surface area contributed by atoms with Crippen molar-refractivity contribution in [2.45, 2.75) is 239 Å². The van der Waals surface area contributed by atoms with Gasteiger partial charge in [-0.3, -0.25) is 0 Å². The van der Waals surface area contributed by atoms with Crippen molar-refractivity contribution in [3.63, 3.8) is 0 Å². The number of nitrogens with one attached hydrogen (secondary N) is 1. The van der Waals surface area contributed by atoms with Crippen LogP contribution in [-0.4, -0.2) is 11.1 Å². The maximum Gasteiger partial charge on any atom is 0.241 e. The molecule has 0 atom stereocenters. The zero-order chi connectivity index (χ0) is 64.4. The minimum absolute atomic E-state index is 1.20. The largest absolute Gasteiger partial charge is 0.250 e. The zero-order valence-electron chi connectivity index (χ0n) is 49.5. The maximum atomic E-state index is 15.4. The van der Waals surface area contributed by atoms with Crippen LogP contribution in [-0.2, 0) is 13.0 Å². The molecule has 0 radical (unpaired) electrons. The number of rotatable bonds is 39. The van der Waals surface area contributed by atoms with Crippen molar-refractivity contribution >= 4 is 28.0 Å². The summed E-state index contributed by atoms with van der Waals surface area (Å²) in [6.07, 6.45) is 46.2. The van der Waals surface area contributed by atoms with E-state index in [0.717, 1.165) is 0 Å². The first-order valence-electron chi connectivity index (χ1n) is 30.9. The highest BCUT2D eigenvalue weighted by atomic mass is 19.2. The molecule has 0 fully saturated rings. The van der Waals surface area contributed by atoms with Gasteiger partial charge >= 0.3 is 0 Å². The Labute approximate surface area is 497 Å².